The number of hydrogen-bond acceptors (Lipinski definition) is 2. The quantitative estimate of drug-likeness (QED) is 0.209. The van der Waals surface area contributed by atoms with E-state index in [0.29, 0.717) is 6.17 Å². The van der Waals surface area contributed by atoms with E-state index in [9.17, 15) is 0 Å². The molecule has 0 spiro atoms. The first-order valence-corrected chi connectivity index (χ1v) is 12.5. The molecule has 1 unspecified atom stereocenters. The van der Waals surface area contributed by atoms with E-state index in [1.165, 1.54) is 122 Å². The van der Waals surface area contributed by atoms with E-state index in [2.05, 4.69) is 43.0 Å². The van der Waals surface area contributed by atoms with Crippen molar-refractivity contribution in [3.8, 4) is 0 Å². The second-order valence-electron chi connectivity index (χ2n) is 8.64. The van der Waals surface area contributed by atoms with Gasteiger partial charge >= 0.3 is 0 Å². The molecule has 1 atom stereocenters. The van der Waals surface area contributed by atoms with Gasteiger partial charge in [-0.15, -0.1) is 0 Å². The van der Waals surface area contributed by atoms with Crippen LogP contribution < -0.4 is 0 Å². The summed E-state index contributed by atoms with van der Waals surface area (Å²) in [7, 11) is 0. The van der Waals surface area contributed by atoms with Gasteiger partial charge in [0.05, 0.1) is 0 Å². The van der Waals surface area contributed by atoms with Crippen molar-refractivity contribution in [1.29, 1.82) is 0 Å². The van der Waals surface area contributed by atoms with Crippen molar-refractivity contribution < 1.29 is 0 Å². The molecule has 0 aromatic rings. The molecule has 0 fully saturated rings. The van der Waals surface area contributed by atoms with Crippen molar-refractivity contribution in [3.05, 3.63) is 12.4 Å². The summed E-state index contributed by atoms with van der Waals surface area (Å²) < 4.78 is 0. The zero-order valence-corrected chi connectivity index (χ0v) is 19.1. The summed E-state index contributed by atoms with van der Waals surface area (Å²) in [6.45, 7) is 9.37. The highest BCUT2D eigenvalue weighted by Crippen LogP contribution is 2.23. The third kappa shape index (κ3) is 11.7. The Hall–Kier alpha value is -0.660. The molecule has 1 heterocycles. The van der Waals surface area contributed by atoms with Crippen LogP contribution in [0.3, 0.4) is 0 Å². The second-order valence-corrected chi connectivity index (χ2v) is 8.64. The van der Waals surface area contributed by atoms with Crippen LogP contribution in [0.4, 0.5) is 0 Å². The van der Waals surface area contributed by atoms with Gasteiger partial charge in [-0.25, -0.2) is 0 Å². The minimum Gasteiger partial charge on any atom is -0.356 e. The summed E-state index contributed by atoms with van der Waals surface area (Å²) >= 11 is 0. The zero-order valence-electron chi connectivity index (χ0n) is 19.1. The average Bonchev–Trinajstić information content (AvgIpc) is 3.05. The van der Waals surface area contributed by atoms with Gasteiger partial charge in [0, 0.05) is 25.5 Å². The molecule has 0 aromatic heterocycles. The number of unbranched alkanes of at least 4 members (excludes halogenated alkanes) is 13. The van der Waals surface area contributed by atoms with Crippen LogP contribution in [0.1, 0.15) is 130 Å². The Kier molecular flexibility index (Phi) is 15.7. The second kappa shape index (κ2) is 17.4. The third-order valence-electron chi connectivity index (χ3n) is 6.03. The molecule has 0 amide bonds. The summed E-state index contributed by atoms with van der Waals surface area (Å²) in [5.74, 6) is 0. The van der Waals surface area contributed by atoms with E-state index >= 15 is 0 Å². The molecule has 0 bridgehead atoms. The Balaban J connectivity index is 2.08. The minimum atomic E-state index is 0.643. The summed E-state index contributed by atoms with van der Waals surface area (Å²) in [4.78, 5) is 5.22. The van der Waals surface area contributed by atoms with Gasteiger partial charge in [0.1, 0.15) is 6.17 Å². The van der Waals surface area contributed by atoms with Gasteiger partial charge in [0.15, 0.2) is 0 Å². The molecule has 27 heavy (non-hydrogen) atoms. The van der Waals surface area contributed by atoms with Gasteiger partial charge in [-0.3, -0.25) is 0 Å². The number of hydrogen-bond donors (Lipinski definition) is 0. The van der Waals surface area contributed by atoms with Gasteiger partial charge in [-0.1, -0.05) is 104 Å². The molecule has 160 valence electrons. The molecule has 0 saturated carbocycles. The topological polar surface area (TPSA) is 6.48 Å². The average molecular weight is 379 g/mol. The molecule has 2 nitrogen and oxygen atoms in total. The molecule has 1 rings (SSSR count). The summed E-state index contributed by atoms with van der Waals surface area (Å²) in [5.41, 5.74) is 0. The maximum absolute atomic E-state index is 2.63. The summed E-state index contributed by atoms with van der Waals surface area (Å²) in [6.07, 6.45) is 29.2. The van der Waals surface area contributed by atoms with Crippen LogP contribution in [-0.4, -0.2) is 29.1 Å². The van der Waals surface area contributed by atoms with Crippen molar-refractivity contribution in [2.45, 2.75) is 136 Å². The van der Waals surface area contributed by atoms with E-state index in [0.717, 1.165) is 0 Å². The van der Waals surface area contributed by atoms with Gasteiger partial charge in [0.25, 0.3) is 0 Å². The van der Waals surface area contributed by atoms with Gasteiger partial charge < -0.3 is 9.80 Å². The largest absolute Gasteiger partial charge is 0.356 e. The maximum atomic E-state index is 2.63. The lowest BCUT2D eigenvalue weighted by molar-refractivity contribution is 0.137. The predicted molar refractivity (Wildman–Crippen MR) is 122 cm³/mol. The smallest absolute Gasteiger partial charge is 0.101 e. The van der Waals surface area contributed by atoms with Crippen molar-refractivity contribution >= 4 is 0 Å². The first-order chi connectivity index (χ1) is 13.3. The first kappa shape index (κ1) is 24.4. The Morgan fingerprint density at radius 2 is 0.926 bits per heavy atom. The molecule has 1 aliphatic heterocycles. The third-order valence-corrected chi connectivity index (χ3v) is 6.03. The van der Waals surface area contributed by atoms with E-state index in [4.69, 9.17) is 0 Å². The highest BCUT2D eigenvalue weighted by Gasteiger charge is 2.24. The highest BCUT2D eigenvalue weighted by molar-refractivity contribution is 4.96. The summed E-state index contributed by atoms with van der Waals surface area (Å²) in [6, 6.07) is 0. The minimum absolute atomic E-state index is 0.643. The monoisotopic (exact) mass is 378 g/mol. The van der Waals surface area contributed by atoms with Crippen molar-refractivity contribution in [2.24, 2.45) is 0 Å². The van der Waals surface area contributed by atoms with Crippen LogP contribution >= 0.6 is 0 Å². The predicted octanol–water partition coefficient (Wildman–Crippen LogP) is 8.09. The Labute approximate surface area is 171 Å². The normalized spacial score (nSPS) is 16.6. The van der Waals surface area contributed by atoms with Gasteiger partial charge in [0.2, 0.25) is 0 Å². The number of rotatable bonds is 19. The first-order valence-electron chi connectivity index (χ1n) is 12.5. The van der Waals surface area contributed by atoms with E-state index in [-0.39, 0.29) is 0 Å². The van der Waals surface area contributed by atoms with Crippen LogP contribution in [0.15, 0.2) is 12.4 Å². The zero-order chi connectivity index (χ0) is 19.6. The standard InChI is InChI=1S/C25H50N2/c1-4-7-9-11-12-13-14-15-16-17-19-22-27-24-23-26(21-6-3)25(27)20-18-10-8-5-2/h23-25H,4-22H2,1-3H3. The lowest BCUT2D eigenvalue weighted by Gasteiger charge is -2.33. The van der Waals surface area contributed by atoms with Crippen molar-refractivity contribution in [2.75, 3.05) is 13.1 Å². The lowest BCUT2D eigenvalue weighted by atomic mass is 10.1. The molecule has 0 aliphatic carbocycles. The van der Waals surface area contributed by atoms with Crippen LogP contribution in [0.5, 0.6) is 0 Å². The van der Waals surface area contributed by atoms with Crippen LogP contribution in [-0.2, 0) is 0 Å². The summed E-state index contributed by atoms with van der Waals surface area (Å²) in [5, 5.41) is 0. The fraction of sp³-hybridized carbons (Fsp3) is 0.920. The molecule has 0 saturated heterocycles. The maximum Gasteiger partial charge on any atom is 0.101 e. The number of nitrogens with zero attached hydrogens (tertiary/aromatic N) is 2. The Morgan fingerprint density at radius 3 is 1.44 bits per heavy atom. The molecule has 0 aromatic carbocycles. The Morgan fingerprint density at radius 1 is 0.481 bits per heavy atom. The van der Waals surface area contributed by atoms with Crippen LogP contribution in [0.2, 0.25) is 0 Å². The molecular formula is C25H50N2. The van der Waals surface area contributed by atoms with Crippen molar-refractivity contribution in [1.82, 2.24) is 9.80 Å². The lowest BCUT2D eigenvalue weighted by Crippen LogP contribution is -2.39. The van der Waals surface area contributed by atoms with Gasteiger partial charge in [-0.05, 0) is 25.7 Å². The van der Waals surface area contributed by atoms with Gasteiger partial charge in [-0.2, -0.15) is 0 Å². The van der Waals surface area contributed by atoms with Crippen LogP contribution in [0.25, 0.3) is 0 Å². The Bertz CT molecular complexity index is 339. The van der Waals surface area contributed by atoms with Crippen molar-refractivity contribution in [3.63, 3.8) is 0 Å². The molecule has 1 aliphatic rings. The van der Waals surface area contributed by atoms with E-state index in [1.807, 2.05) is 0 Å². The molecule has 0 radical (unpaired) electrons. The fourth-order valence-corrected chi connectivity index (χ4v) is 4.31. The SMILES string of the molecule is CCCCCCCCCCCCCN1C=CN(CCC)C1CCCCCC. The molecule has 2 heteroatoms. The highest BCUT2D eigenvalue weighted by atomic mass is 15.4. The molecular weight excluding hydrogens is 328 g/mol. The molecule has 0 N–H and O–H groups in total. The van der Waals surface area contributed by atoms with Crippen LogP contribution in [0, 0.1) is 0 Å². The van der Waals surface area contributed by atoms with E-state index in [1.54, 1.807) is 0 Å². The van der Waals surface area contributed by atoms with E-state index < -0.39 is 0 Å². The fourth-order valence-electron chi connectivity index (χ4n) is 4.31.